The quantitative estimate of drug-likeness (QED) is 0.851. The molecule has 0 heterocycles. The summed E-state index contributed by atoms with van der Waals surface area (Å²) < 4.78 is 5.19. The molecule has 2 aromatic rings. The summed E-state index contributed by atoms with van der Waals surface area (Å²) in [5.41, 5.74) is 8.14. The van der Waals surface area contributed by atoms with E-state index in [1.54, 1.807) is 30.3 Å². The van der Waals surface area contributed by atoms with Gasteiger partial charge in [0.1, 0.15) is 5.75 Å². The van der Waals surface area contributed by atoms with Gasteiger partial charge in [-0.15, -0.1) is 0 Å². The minimum absolute atomic E-state index is 0.299. The van der Waals surface area contributed by atoms with Crippen LogP contribution in [0.4, 0.5) is 11.4 Å². The SMILES string of the molecule is COc1ccc(Cl)cc1NC(=O)c1cc(C)ccc1N. The maximum atomic E-state index is 12.3. The highest BCUT2D eigenvalue weighted by atomic mass is 35.5. The van der Waals surface area contributed by atoms with Crippen LogP contribution in [0.25, 0.3) is 0 Å². The number of carbonyl (C=O) groups excluding carboxylic acids is 1. The zero-order valence-electron chi connectivity index (χ0n) is 11.2. The van der Waals surface area contributed by atoms with Crippen LogP contribution in [-0.2, 0) is 0 Å². The third-order valence-corrected chi connectivity index (χ3v) is 3.10. The molecule has 104 valence electrons. The van der Waals surface area contributed by atoms with Gasteiger partial charge in [-0.25, -0.2) is 0 Å². The van der Waals surface area contributed by atoms with Gasteiger partial charge in [0.2, 0.25) is 0 Å². The Hall–Kier alpha value is -2.20. The summed E-state index contributed by atoms with van der Waals surface area (Å²) in [7, 11) is 1.53. The first-order valence-corrected chi connectivity index (χ1v) is 6.40. The number of anilines is 2. The van der Waals surface area contributed by atoms with Crippen LogP contribution in [-0.4, -0.2) is 13.0 Å². The molecule has 20 heavy (non-hydrogen) atoms. The molecule has 3 N–H and O–H groups in total. The van der Waals surface area contributed by atoms with E-state index >= 15 is 0 Å². The number of nitrogens with one attached hydrogen (secondary N) is 1. The lowest BCUT2D eigenvalue weighted by molar-refractivity contribution is 0.102. The predicted molar refractivity (Wildman–Crippen MR) is 81.5 cm³/mol. The van der Waals surface area contributed by atoms with Gasteiger partial charge >= 0.3 is 0 Å². The van der Waals surface area contributed by atoms with Crippen molar-refractivity contribution in [2.45, 2.75) is 6.92 Å². The fourth-order valence-corrected chi connectivity index (χ4v) is 2.01. The molecule has 0 aliphatic carbocycles. The van der Waals surface area contributed by atoms with Gasteiger partial charge in [0.05, 0.1) is 18.4 Å². The molecule has 0 radical (unpaired) electrons. The highest BCUT2D eigenvalue weighted by Gasteiger charge is 2.13. The van der Waals surface area contributed by atoms with Crippen LogP contribution in [0.15, 0.2) is 36.4 Å². The van der Waals surface area contributed by atoms with Crippen LogP contribution in [0.3, 0.4) is 0 Å². The van der Waals surface area contributed by atoms with E-state index in [1.807, 2.05) is 13.0 Å². The Morgan fingerprint density at radius 3 is 2.70 bits per heavy atom. The van der Waals surface area contributed by atoms with Crippen molar-refractivity contribution in [1.82, 2.24) is 0 Å². The van der Waals surface area contributed by atoms with Crippen LogP contribution >= 0.6 is 11.6 Å². The minimum Gasteiger partial charge on any atom is -0.495 e. The number of hydrogen-bond donors (Lipinski definition) is 2. The van der Waals surface area contributed by atoms with E-state index in [0.717, 1.165) is 5.56 Å². The van der Waals surface area contributed by atoms with E-state index in [2.05, 4.69) is 5.32 Å². The van der Waals surface area contributed by atoms with Gasteiger partial charge in [-0.1, -0.05) is 23.2 Å². The van der Waals surface area contributed by atoms with Crippen molar-refractivity contribution < 1.29 is 9.53 Å². The second-order valence-electron chi connectivity index (χ2n) is 4.39. The fourth-order valence-electron chi connectivity index (χ4n) is 1.83. The fraction of sp³-hybridized carbons (Fsp3) is 0.133. The van der Waals surface area contributed by atoms with Crippen LogP contribution in [0, 0.1) is 6.92 Å². The lowest BCUT2D eigenvalue weighted by atomic mass is 10.1. The number of nitrogen functional groups attached to an aromatic ring is 1. The summed E-state index contributed by atoms with van der Waals surface area (Å²) in [5, 5.41) is 3.27. The number of halogens is 1. The Morgan fingerprint density at radius 1 is 1.25 bits per heavy atom. The maximum Gasteiger partial charge on any atom is 0.257 e. The summed E-state index contributed by atoms with van der Waals surface area (Å²) in [6, 6.07) is 10.3. The summed E-state index contributed by atoms with van der Waals surface area (Å²) in [4.78, 5) is 12.3. The standard InChI is InChI=1S/C15H15ClN2O2/c1-9-3-5-12(17)11(7-9)15(19)18-13-8-10(16)4-6-14(13)20-2/h3-8H,17H2,1-2H3,(H,18,19). The molecule has 0 saturated carbocycles. The molecule has 0 fully saturated rings. The Bertz CT molecular complexity index is 656. The Balaban J connectivity index is 2.32. The van der Waals surface area contributed by atoms with E-state index in [1.165, 1.54) is 7.11 Å². The number of rotatable bonds is 3. The first kappa shape index (κ1) is 14.2. The van der Waals surface area contributed by atoms with Crippen molar-refractivity contribution in [2.75, 3.05) is 18.2 Å². The van der Waals surface area contributed by atoms with E-state index in [-0.39, 0.29) is 5.91 Å². The lowest BCUT2D eigenvalue weighted by Crippen LogP contribution is -2.14. The highest BCUT2D eigenvalue weighted by molar-refractivity contribution is 6.31. The molecule has 4 nitrogen and oxygen atoms in total. The van der Waals surface area contributed by atoms with Crippen molar-refractivity contribution in [3.63, 3.8) is 0 Å². The number of methoxy groups -OCH3 is 1. The van der Waals surface area contributed by atoms with Gasteiger partial charge < -0.3 is 15.8 Å². The van der Waals surface area contributed by atoms with Crippen molar-refractivity contribution in [2.24, 2.45) is 0 Å². The van der Waals surface area contributed by atoms with Crippen LogP contribution in [0.2, 0.25) is 5.02 Å². The molecule has 0 unspecified atom stereocenters. The van der Waals surface area contributed by atoms with Gasteiger partial charge in [-0.05, 0) is 37.3 Å². The summed E-state index contributed by atoms with van der Waals surface area (Å²) in [5.74, 6) is 0.237. The van der Waals surface area contributed by atoms with Gasteiger partial charge in [0.25, 0.3) is 5.91 Å². The molecule has 5 heteroatoms. The summed E-state index contributed by atoms with van der Waals surface area (Å²) >= 11 is 5.93. The molecule has 0 bridgehead atoms. The molecule has 2 rings (SSSR count). The number of aryl methyl sites for hydroxylation is 1. The Labute approximate surface area is 122 Å². The van der Waals surface area contributed by atoms with Crippen LogP contribution in [0.1, 0.15) is 15.9 Å². The maximum absolute atomic E-state index is 12.3. The highest BCUT2D eigenvalue weighted by Crippen LogP contribution is 2.28. The van der Waals surface area contributed by atoms with Crippen LogP contribution < -0.4 is 15.8 Å². The molecule has 2 aromatic carbocycles. The van der Waals surface area contributed by atoms with Gasteiger partial charge in [-0.2, -0.15) is 0 Å². The second-order valence-corrected chi connectivity index (χ2v) is 4.83. The second kappa shape index (κ2) is 5.84. The van der Waals surface area contributed by atoms with Crippen LogP contribution in [0.5, 0.6) is 5.75 Å². The first-order chi connectivity index (χ1) is 9.51. The molecule has 0 aromatic heterocycles. The zero-order valence-corrected chi connectivity index (χ0v) is 12.0. The molecule has 0 saturated heterocycles. The largest absolute Gasteiger partial charge is 0.495 e. The Kier molecular flexibility index (Phi) is 4.15. The van der Waals surface area contributed by atoms with Crippen molar-refractivity contribution in [3.8, 4) is 5.75 Å². The van der Waals surface area contributed by atoms with E-state index in [0.29, 0.717) is 27.7 Å². The average Bonchev–Trinajstić information content (AvgIpc) is 2.41. The van der Waals surface area contributed by atoms with E-state index in [9.17, 15) is 4.79 Å². The smallest absolute Gasteiger partial charge is 0.257 e. The van der Waals surface area contributed by atoms with Gasteiger partial charge in [-0.3, -0.25) is 4.79 Å². The molecular weight excluding hydrogens is 276 g/mol. The normalized spacial score (nSPS) is 10.2. The topological polar surface area (TPSA) is 64.3 Å². The third kappa shape index (κ3) is 3.03. The number of amides is 1. The summed E-state index contributed by atoms with van der Waals surface area (Å²) in [6.45, 7) is 1.90. The third-order valence-electron chi connectivity index (χ3n) is 2.86. The number of carbonyl (C=O) groups is 1. The number of nitrogens with two attached hydrogens (primary N) is 1. The summed E-state index contributed by atoms with van der Waals surface area (Å²) in [6.07, 6.45) is 0. The van der Waals surface area contributed by atoms with E-state index in [4.69, 9.17) is 22.1 Å². The van der Waals surface area contributed by atoms with E-state index < -0.39 is 0 Å². The number of hydrogen-bond acceptors (Lipinski definition) is 3. The number of ether oxygens (including phenoxy) is 1. The molecule has 0 atom stereocenters. The number of benzene rings is 2. The molecule has 0 aliphatic rings. The van der Waals surface area contributed by atoms with Crippen molar-refractivity contribution in [1.29, 1.82) is 0 Å². The molecule has 0 spiro atoms. The Morgan fingerprint density at radius 2 is 2.00 bits per heavy atom. The van der Waals surface area contributed by atoms with Crippen molar-refractivity contribution in [3.05, 3.63) is 52.5 Å². The lowest BCUT2D eigenvalue weighted by Gasteiger charge is -2.12. The minimum atomic E-state index is -0.299. The average molecular weight is 291 g/mol. The molecule has 0 aliphatic heterocycles. The first-order valence-electron chi connectivity index (χ1n) is 6.02. The van der Waals surface area contributed by atoms with Gasteiger partial charge in [0.15, 0.2) is 0 Å². The molecular formula is C15H15ClN2O2. The molecule has 1 amide bonds. The van der Waals surface area contributed by atoms with Crippen molar-refractivity contribution >= 4 is 28.9 Å². The van der Waals surface area contributed by atoms with Gasteiger partial charge in [0, 0.05) is 10.7 Å². The monoisotopic (exact) mass is 290 g/mol. The predicted octanol–water partition coefficient (Wildman–Crippen LogP) is 3.49. The zero-order chi connectivity index (χ0) is 14.7.